The van der Waals surface area contributed by atoms with E-state index in [-0.39, 0.29) is 24.2 Å². The van der Waals surface area contributed by atoms with E-state index in [1.807, 2.05) is 25.1 Å². The Balaban J connectivity index is 0.00000200. The Kier molecular flexibility index (Phi) is 6.95. The highest BCUT2D eigenvalue weighted by atomic mass is 79.9. The van der Waals surface area contributed by atoms with E-state index >= 15 is 0 Å². The van der Waals surface area contributed by atoms with Crippen molar-refractivity contribution >= 4 is 39.9 Å². The van der Waals surface area contributed by atoms with Gasteiger partial charge in [-0.05, 0) is 31.1 Å². The Morgan fingerprint density at radius 3 is 2.80 bits per heavy atom. The molecule has 2 rings (SSSR count). The van der Waals surface area contributed by atoms with Gasteiger partial charge in [-0.1, -0.05) is 28.9 Å². The summed E-state index contributed by atoms with van der Waals surface area (Å²) in [6.45, 7) is 4.31. The number of anilines is 1. The fourth-order valence-electron chi connectivity index (χ4n) is 2.09. The maximum atomic E-state index is 12.2. The number of rotatable bonds is 5. The largest absolute Gasteiger partial charge is 0.380 e. The molecule has 1 heterocycles. The van der Waals surface area contributed by atoms with Crippen LogP contribution in [0.5, 0.6) is 0 Å². The molecule has 0 spiro atoms. The molecule has 1 unspecified atom stereocenters. The van der Waals surface area contributed by atoms with Crippen molar-refractivity contribution < 1.29 is 9.53 Å². The van der Waals surface area contributed by atoms with Crippen LogP contribution in [0, 0.1) is 11.8 Å². The average molecular weight is 364 g/mol. The molecule has 6 heteroatoms. The maximum absolute atomic E-state index is 12.2. The van der Waals surface area contributed by atoms with Gasteiger partial charge in [-0.25, -0.2) is 0 Å². The number of hydrogen-bond acceptors (Lipinski definition) is 3. The van der Waals surface area contributed by atoms with Gasteiger partial charge in [0.05, 0.1) is 6.61 Å². The van der Waals surface area contributed by atoms with Crippen LogP contribution in [-0.2, 0) is 16.1 Å². The number of nitrogens with one attached hydrogen (secondary N) is 2. The highest BCUT2D eigenvalue weighted by molar-refractivity contribution is 9.10. The Morgan fingerprint density at radius 2 is 2.25 bits per heavy atom. The lowest BCUT2D eigenvalue weighted by atomic mass is 9.88. The lowest BCUT2D eigenvalue weighted by Gasteiger charge is -2.31. The van der Waals surface area contributed by atoms with Crippen LogP contribution in [-0.4, -0.2) is 26.1 Å². The van der Waals surface area contributed by atoms with Gasteiger partial charge in [-0.2, -0.15) is 0 Å². The van der Waals surface area contributed by atoms with Crippen molar-refractivity contribution in [1.82, 2.24) is 5.32 Å². The number of ether oxygens (including phenoxy) is 1. The molecular formula is C14H20BrClN2O2. The summed E-state index contributed by atoms with van der Waals surface area (Å²) in [4.78, 5) is 12.2. The molecule has 2 N–H and O–H groups in total. The molecule has 0 aromatic heterocycles. The van der Waals surface area contributed by atoms with Gasteiger partial charge in [0.15, 0.2) is 0 Å². The molecule has 1 aliphatic heterocycles. The molecule has 1 saturated heterocycles. The van der Waals surface area contributed by atoms with Crippen LogP contribution in [0.2, 0.25) is 0 Å². The second-order valence-electron chi connectivity index (χ2n) is 4.90. The third kappa shape index (κ3) is 3.95. The number of hydrogen-bond donors (Lipinski definition) is 2. The van der Waals surface area contributed by atoms with Crippen molar-refractivity contribution in [2.75, 3.05) is 25.5 Å². The van der Waals surface area contributed by atoms with Crippen molar-refractivity contribution in [1.29, 1.82) is 0 Å². The fraction of sp³-hybridized carbons (Fsp3) is 0.500. The van der Waals surface area contributed by atoms with Crippen LogP contribution < -0.4 is 10.6 Å². The number of carbonyl (C=O) groups excluding carboxylic acids is 1. The molecule has 1 aromatic rings. The molecule has 20 heavy (non-hydrogen) atoms. The normalized spacial score (nSPS) is 15.9. The van der Waals surface area contributed by atoms with Crippen molar-refractivity contribution in [2.24, 2.45) is 11.8 Å². The van der Waals surface area contributed by atoms with Crippen LogP contribution in [0.3, 0.4) is 0 Å². The Morgan fingerprint density at radius 1 is 1.55 bits per heavy atom. The fourth-order valence-corrected chi connectivity index (χ4v) is 2.57. The number of carbonyl (C=O) groups is 1. The Labute approximate surface area is 134 Å². The third-order valence-corrected chi connectivity index (χ3v) is 4.34. The Hall–Kier alpha value is -0.620. The minimum Gasteiger partial charge on any atom is -0.380 e. The van der Waals surface area contributed by atoms with E-state index in [9.17, 15) is 4.79 Å². The van der Waals surface area contributed by atoms with Gasteiger partial charge >= 0.3 is 0 Å². The highest BCUT2D eigenvalue weighted by Crippen LogP contribution is 2.27. The molecule has 0 bridgehead atoms. The molecule has 1 aliphatic rings. The first-order valence-electron chi connectivity index (χ1n) is 6.41. The summed E-state index contributed by atoms with van der Waals surface area (Å²) in [5.74, 6) is 0.538. The lowest BCUT2D eigenvalue weighted by Crippen LogP contribution is -2.48. The minimum absolute atomic E-state index is 0. The summed E-state index contributed by atoms with van der Waals surface area (Å²) in [7, 11) is 1.65. The van der Waals surface area contributed by atoms with E-state index in [0.29, 0.717) is 12.5 Å². The predicted octanol–water partition coefficient (Wildman–Crippen LogP) is 2.81. The highest BCUT2D eigenvalue weighted by Gasteiger charge is 2.29. The average Bonchev–Trinajstić information content (AvgIpc) is 2.31. The van der Waals surface area contributed by atoms with Gasteiger partial charge < -0.3 is 15.4 Å². The zero-order chi connectivity index (χ0) is 13.8. The molecule has 1 amide bonds. The van der Waals surface area contributed by atoms with Crippen molar-refractivity contribution in [3.8, 4) is 0 Å². The van der Waals surface area contributed by atoms with Crippen LogP contribution in [0.1, 0.15) is 12.5 Å². The van der Waals surface area contributed by atoms with E-state index in [1.165, 1.54) is 0 Å². The van der Waals surface area contributed by atoms with Crippen LogP contribution in [0.25, 0.3) is 0 Å². The van der Waals surface area contributed by atoms with E-state index < -0.39 is 0 Å². The third-order valence-electron chi connectivity index (χ3n) is 3.60. The van der Waals surface area contributed by atoms with Crippen LogP contribution in [0.4, 0.5) is 5.69 Å². The summed E-state index contributed by atoms with van der Waals surface area (Å²) < 4.78 is 6.13. The van der Waals surface area contributed by atoms with Crippen molar-refractivity contribution in [2.45, 2.75) is 13.5 Å². The zero-order valence-corrected chi connectivity index (χ0v) is 14.0. The molecule has 1 fully saturated rings. The topological polar surface area (TPSA) is 50.4 Å². The van der Waals surface area contributed by atoms with E-state index in [1.54, 1.807) is 7.11 Å². The standard InChI is InChI=1S/C14H19BrN2O2.ClH/c1-9(10-6-16-7-10)14(18)17-13-5-3-4-12(15)11(13)8-19-2;/h3-5,9-10,16H,6-8H2,1-2H3,(H,17,18);1H. The molecule has 0 aliphatic carbocycles. The molecular weight excluding hydrogens is 344 g/mol. The van der Waals surface area contributed by atoms with Gasteiger partial charge in [0, 0.05) is 28.8 Å². The van der Waals surface area contributed by atoms with E-state index in [4.69, 9.17) is 4.74 Å². The SMILES string of the molecule is COCc1c(Br)cccc1NC(=O)C(C)C1CNC1.Cl. The van der Waals surface area contributed by atoms with Crippen molar-refractivity contribution in [3.05, 3.63) is 28.2 Å². The Bertz CT molecular complexity index is 466. The van der Waals surface area contributed by atoms with Gasteiger partial charge in [0.25, 0.3) is 0 Å². The lowest BCUT2D eigenvalue weighted by molar-refractivity contribution is -0.121. The number of halogens is 2. The number of benzene rings is 1. The van der Waals surface area contributed by atoms with Gasteiger partial charge in [0.1, 0.15) is 0 Å². The molecule has 112 valence electrons. The summed E-state index contributed by atoms with van der Waals surface area (Å²) in [6, 6.07) is 5.76. The number of amides is 1. The van der Waals surface area contributed by atoms with Crippen LogP contribution >= 0.6 is 28.3 Å². The molecule has 4 nitrogen and oxygen atoms in total. The van der Waals surface area contributed by atoms with Crippen LogP contribution in [0.15, 0.2) is 22.7 Å². The predicted molar refractivity (Wildman–Crippen MR) is 86.3 cm³/mol. The first-order chi connectivity index (χ1) is 9.13. The first-order valence-corrected chi connectivity index (χ1v) is 7.20. The van der Waals surface area contributed by atoms with E-state index in [0.717, 1.165) is 28.8 Å². The molecule has 0 saturated carbocycles. The second-order valence-corrected chi connectivity index (χ2v) is 5.75. The summed E-state index contributed by atoms with van der Waals surface area (Å²) in [5.41, 5.74) is 1.79. The van der Waals surface area contributed by atoms with Gasteiger partial charge in [-0.3, -0.25) is 4.79 Å². The maximum Gasteiger partial charge on any atom is 0.227 e. The first kappa shape index (κ1) is 17.4. The van der Waals surface area contributed by atoms with E-state index in [2.05, 4.69) is 26.6 Å². The van der Waals surface area contributed by atoms with Crippen molar-refractivity contribution in [3.63, 3.8) is 0 Å². The second kappa shape index (κ2) is 7.98. The number of methoxy groups -OCH3 is 1. The molecule has 1 aromatic carbocycles. The zero-order valence-electron chi connectivity index (χ0n) is 11.6. The quantitative estimate of drug-likeness (QED) is 0.846. The summed E-state index contributed by atoms with van der Waals surface area (Å²) in [6.07, 6.45) is 0. The molecule has 0 radical (unpaired) electrons. The summed E-state index contributed by atoms with van der Waals surface area (Å²) >= 11 is 3.49. The van der Waals surface area contributed by atoms with Gasteiger partial charge in [-0.15, -0.1) is 12.4 Å². The van der Waals surface area contributed by atoms with Gasteiger partial charge in [0.2, 0.25) is 5.91 Å². The minimum atomic E-state index is 0. The molecule has 1 atom stereocenters. The summed E-state index contributed by atoms with van der Waals surface area (Å²) in [5, 5.41) is 6.20. The monoisotopic (exact) mass is 362 g/mol. The smallest absolute Gasteiger partial charge is 0.227 e.